The number of amides is 1. The first-order chi connectivity index (χ1) is 11.7. The van der Waals surface area contributed by atoms with Gasteiger partial charge >= 0.3 is 0 Å². The van der Waals surface area contributed by atoms with Crippen molar-refractivity contribution in [2.45, 2.75) is 25.3 Å². The van der Waals surface area contributed by atoms with Gasteiger partial charge in [-0.15, -0.1) is 0 Å². The van der Waals surface area contributed by atoms with Gasteiger partial charge in [-0.1, -0.05) is 35.5 Å². The zero-order valence-electron chi connectivity index (χ0n) is 13.4. The molecule has 0 atom stereocenters. The molecule has 1 aliphatic carbocycles. The minimum atomic E-state index is -0.161. The van der Waals surface area contributed by atoms with Gasteiger partial charge in [0.2, 0.25) is 5.89 Å². The molecule has 4 rings (SSSR count). The molecule has 24 heavy (non-hydrogen) atoms. The minimum Gasteiger partial charge on any atom is -0.342 e. The summed E-state index contributed by atoms with van der Waals surface area (Å²) in [5, 5.41) is 6.79. The molecule has 0 aliphatic heterocycles. The largest absolute Gasteiger partial charge is 0.342 e. The molecule has 2 aromatic heterocycles. The van der Waals surface area contributed by atoms with Crippen LogP contribution in [0.1, 0.15) is 41.0 Å². The Hall–Kier alpha value is -2.89. The van der Waals surface area contributed by atoms with Crippen LogP contribution in [-0.2, 0) is 13.6 Å². The van der Waals surface area contributed by atoms with Gasteiger partial charge in [0.05, 0.1) is 6.54 Å². The summed E-state index contributed by atoms with van der Waals surface area (Å²) in [6, 6.07) is 13.7. The third kappa shape index (κ3) is 2.82. The molecule has 0 unspecified atom stereocenters. The molecule has 1 saturated carbocycles. The summed E-state index contributed by atoms with van der Waals surface area (Å²) in [5.74, 6) is 1.48. The number of carbonyl (C=O) groups excluding carboxylic acids is 1. The highest BCUT2D eigenvalue weighted by molar-refractivity contribution is 5.93. The van der Waals surface area contributed by atoms with Gasteiger partial charge in [0.25, 0.3) is 5.91 Å². The molecule has 2 heterocycles. The van der Waals surface area contributed by atoms with Gasteiger partial charge in [0.1, 0.15) is 5.69 Å². The Balaban J connectivity index is 1.45. The van der Waals surface area contributed by atoms with Crippen molar-refractivity contribution in [2.24, 2.45) is 7.05 Å². The molecule has 0 bridgehead atoms. The Morgan fingerprint density at radius 2 is 2.04 bits per heavy atom. The number of benzene rings is 1. The van der Waals surface area contributed by atoms with Gasteiger partial charge in [0, 0.05) is 18.7 Å². The minimum absolute atomic E-state index is 0.161. The molecule has 6 nitrogen and oxygen atoms in total. The summed E-state index contributed by atoms with van der Waals surface area (Å²) in [5.41, 5.74) is 2.66. The summed E-state index contributed by atoms with van der Waals surface area (Å²) >= 11 is 0. The fourth-order valence-corrected chi connectivity index (χ4v) is 2.73. The molecule has 1 N–H and O–H groups in total. The lowest BCUT2D eigenvalue weighted by Gasteiger charge is -2.07. The number of carbonyl (C=O) groups is 1. The van der Waals surface area contributed by atoms with Crippen LogP contribution in [0.4, 0.5) is 0 Å². The fourth-order valence-electron chi connectivity index (χ4n) is 2.73. The average Bonchev–Trinajstić information content (AvgIpc) is 3.22. The molecule has 1 fully saturated rings. The van der Waals surface area contributed by atoms with E-state index < -0.39 is 0 Å². The summed E-state index contributed by atoms with van der Waals surface area (Å²) in [4.78, 5) is 16.7. The second-order valence-corrected chi connectivity index (χ2v) is 6.03. The van der Waals surface area contributed by atoms with Gasteiger partial charge in [0.15, 0.2) is 5.82 Å². The van der Waals surface area contributed by atoms with E-state index in [9.17, 15) is 4.79 Å². The number of hydrogen-bond acceptors (Lipinski definition) is 4. The maximum atomic E-state index is 12.4. The second-order valence-electron chi connectivity index (χ2n) is 6.03. The quantitative estimate of drug-likeness (QED) is 0.784. The molecule has 122 valence electrons. The van der Waals surface area contributed by atoms with Crippen LogP contribution in [0, 0.1) is 0 Å². The van der Waals surface area contributed by atoms with Crippen LogP contribution >= 0.6 is 0 Å². The third-order valence-electron chi connectivity index (χ3n) is 4.25. The summed E-state index contributed by atoms with van der Waals surface area (Å²) in [6.07, 6.45) is 2.24. The Kier molecular flexibility index (Phi) is 3.65. The molecule has 0 saturated heterocycles. The average molecular weight is 322 g/mol. The fraction of sp³-hybridized carbons (Fsp3) is 0.278. The first-order valence-electron chi connectivity index (χ1n) is 8.04. The van der Waals surface area contributed by atoms with E-state index in [1.807, 2.05) is 54.1 Å². The molecule has 1 aromatic carbocycles. The predicted molar refractivity (Wildman–Crippen MR) is 88.3 cm³/mol. The van der Waals surface area contributed by atoms with E-state index in [0.717, 1.165) is 29.9 Å². The van der Waals surface area contributed by atoms with Crippen LogP contribution in [0.15, 0.2) is 47.0 Å². The van der Waals surface area contributed by atoms with Crippen molar-refractivity contribution < 1.29 is 9.32 Å². The van der Waals surface area contributed by atoms with Crippen molar-refractivity contribution >= 4 is 5.91 Å². The van der Waals surface area contributed by atoms with Crippen molar-refractivity contribution in [2.75, 3.05) is 0 Å². The topological polar surface area (TPSA) is 73.0 Å². The van der Waals surface area contributed by atoms with Crippen LogP contribution in [0.2, 0.25) is 0 Å². The van der Waals surface area contributed by atoms with E-state index in [4.69, 9.17) is 4.52 Å². The number of aromatic nitrogens is 3. The molecule has 6 heteroatoms. The lowest BCUT2D eigenvalue weighted by Crippen LogP contribution is -2.25. The zero-order valence-corrected chi connectivity index (χ0v) is 13.4. The Bertz CT molecular complexity index is 862. The van der Waals surface area contributed by atoms with Gasteiger partial charge in [-0.25, -0.2) is 0 Å². The maximum Gasteiger partial charge on any atom is 0.268 e. The lowest BCUT2D eigenvalue weighted by molar-refractivity contribution is 0.0938. The van der Waals surface area contributed by atoms with E-state index in [1.165, 1.54) is 0 Å². The molecule has 3 aromatic rings. The Morgan fingerprint density at radius 3 is 2.79 bits per heavy atom. The number of nitrogens with one attached hydrogen (secondary N) is 1. The van der Waals surface area contributed by atoms with Crippen LogP contribution in [-0.4, -0.2) is 20.6 Å². The highest BCUT2D eigenvalue weighted by Crippen LogP contribution is 2.38. The van der Waals surface area contributed by atoms with Crippen molar-refractivity contribution in [1.82, 2.24) is 20.0 Å². The molecule has 1 amide bonds. The third-order valence-corrected chi connectivity index (χ3v) is 4.25. The van der Waals surface area contributed by atoms with Crippen molar-refractivity contribution in [1.29, 1.82) is 0 Å². The van der Waals surface area contributed by atoms with Crippen molar-refractivity contribution in [3.8, 4) is 11.3 Å². The van der Waals surface area contributed by atoms with E-state index in [2.05, 4.69) is 15.5 Å². The SMILES string of the molecule is Cn1c(C(=O)NCc2nc(C3CC3)no2)ccc1-c1ccccc1. The Labute approximate surface area is 139 Å². The number of nitrogens with zero attached hydrogens (tertiary/aromatic N) is 3. The van der Waals surface area contributed by atoms with Crippen molar-refractivity contribution in [3.05, 3.63) is 59.9 Å². The van der Waals surface area contributed by atoms with Crippen LogP contribution in [0.5, 0.6) is 0 Å². The summed E-state index contributed by atoms with van der Waals surface area (Å²) < 4.78 is 7.06. The molecular weight excluding hydrogens is 304 g/mol. The number of hydrogen-bond donors (Lipinski definition) is 1. The van der Waals surface area contributed by atoms with E-state index in [0.29, 0.717) is 17.5 Å². The number of rotatable bonds is 5. The van der Waals surface area contributed by atoms with Crippen molar-refractivity contribution in [3.63, 3.8) is 0 Å². The second kappa shape index (κ2) is 5.96. The zero-order chi connectivity index (χ0) is 16.5. The van der Waals surface area contributed by atoms with Gasteiger partial charge < -0.3 is 14.4 Å². The monoisotopic (exact) mass is 322 g/mol. The molecular formula is C18H18N4O2. The van der Waals surface area contributed by atoms with Gasteiger partial charge in [-0.3, -0.25) is 4.79 Å². The highest BCUT2D eigenvalue weighted by atomic mass is 16.5. The molecule has 0 radical (unpaired) electrons. The lowest BCUT2D eigenvalue weighted by atomic mass is 10.2. The van der Waals surface area contributed by atoms with E-state index in [-0.39, 0.29) is 12.5 Å². The first kappa shape index (κ1) is 14.7. The summed E-state index contributed by atoms with van der Waals surface area (Å²) in [6.45, 7) is 0.240. The van der Waals surface area contributed by atoms with E-state index in [1.54, 1.807) is 0 Å². The maximum absolute atomic E-state index is 12.4. The van der Waals surface area contributed by atoms with Crippen LogP contribution in [0.3, 0.4) is 0 Å². The highest BCUT2D eigenvalue weighted by Gasteiger charge is 2.28. The summed E-state index contributed by atoms with van der Waals surface area (Å²) in [7, 11) is 1.88. The van der Waals surface area contributed by atoms with E-state index >= 15 is 0 Å². The first-order valence-corrected chi connectivity index (χ1v) is 8.04. The predicted octanol–water partition coefficient (Wildman–Crippen LogP) is 2.88. The van der Waals surface area contributed by atoms with Crippen LogP contribution < -0.4 is 5.32 Å². The standard InChI is InChI=1S/C18H18N4O2/c1-22-14(12-5-3-2-4-6-12)9-10-15(22)18(23)19-11-16-20-17(21-24-16)13-7-8-13/h2-6,9-10,13H,7-8,11H2,1H3,(H,19,23). The van der Waals surface area contributed by atoms with Gasteiger partial charge in [-0.2, -0.15) is 4.98 Å². The normalized spacial score (nSPS) is 13.9. The molecule has 0 spiro atoms. The molecule has 1 aliphatic rings. The van der Waals surface area contributed by atoms with Crippen LogP contribution in [0.25, 0.3) is 11.3 Å². The van der Waals surface area contributed by atoms with Gasteiger partial charge in [-0.05, 0) is 30.5 Å². The Morgan fingerprint density at radius 1 is 1.25 bits per heavy atom. The smallest absolute Gasteiger partial charge is 0.268 e.